The predicted molar refractivity (Wildman–Crippen MR) is 87.5 cm³/mol. The first-order valence-corrected chi connectivity index (χ1v) is 9.08. The second-order valence-corrected chi connectivity index (χ2v) is 6.92. The Bertz CT molecular complexity index is 440. The summed E-state index contributed by atoms with van der Waals surface area (Å²) in [4.78, 5) is 16.5. The molecule has 1 saturated carbocycles. The number of nitrogens with two attached hydrogens (primary N) is 1. The van der Waals surface area contributed by atoms with Crippen molar-refractivity contribution in [1.82, 2.24) is 10.3 Å². The van der Waals surface area contributed by atoms with Gasteiger partial charge >= 0.3 is 0 Å². The van der Waals surface area contributed by atoms with Crippen LogP contribution in [0.4, 0.5) is 0 Å². The number of thiazole rings is 1. The third kappa shape index (κ3) is 5.08. The van der Waals surface area contributed by atoms with Crippen molar-refractivity contribution < 1.29 is 4.79 Å². The van der Waals surface area contributed by atoms with Gasteiger partial charge in [-0.05, 0) is 25.2 Å². The van der Waals surface area contributed by atoms with Gasteiger partial charge < -0.3 is 11.1 Å². The molecule has 0 aliphatic heterocycles. The molecule has 1 unspecified atom stereocenters. The molecule has 4 nitrogen and oxygen atoms in total. The number of amides is 1. The summed E-state index contributed by atoms with van der Waals surface area (Å²) in [5.74, 6) is 0.596. The van der Waals surface area contributed by atoms with Crippen LogP contribution in [0.25, 0.3) is 0 Å². The van der Waals surface area contributed by atoms with Crippen molar-refractivity contribution in [2.24, 2.45) is 11.7 Å². The standard InChI is InChI=1S/C16H27N3OS/c1-2-3-9-13(17)16-19-14(11-21-16)15(20)18-10-12-7-5-4-6-8-12/h11-13H,2-10,17H2,1H3,(H,18,20). The summed E-state index contributed by atoms with van der Waals surface area (Å²) in [6.07, 6.45) is 9.59. The van der Waals surface area contributed by atoms with E-state index in [0.717, 1.165) is 30.8 Å². The lowest BCUT2D eigenvalue weighted by atomic mass is 9.89. The minimum Gasteiger partial charge on any atom is -0.350 e. The highest BCUT2D eigenvalue weighted by Crippen LogP contribution is 2.23. The van der Waals surface area contributed by atoms with Gasteiger partial charge in [-0.25, -0.2) is 4.98 Å². The lowest BCUT2D eigenvalue weighted by Crippen LogP contribution is -2.30. The topological polar surface area (TPSA) is 68.0 Å². The van der Waals surface area contributed by atoms with E-state index in [2.05, 4.69) is 17.2 Å². The zero-order chi connectivity index (χ0) is 15.1. The molecule has 0 spiro atoms. The second-order valence-electron chi connectivity index (χ2n) is 6.03. The molecule has 0 aromatic carbocycles. The minimum absolute atomic E-state index is 0.0326. The van der Waals surface area contributed by atoms with Crippen molar-refractivity contribution in [2.45, 2.75) is 64.3 Å². The second kappa shape index (κ2) is 8.49. The van der Waals surface area contributed by atoms with Crippen LogP contribution in [0.1, 0.15) is 79.8 Å². The number of hydrogen-bond acceptors (Lipinski definition) is 4. The molecule has 3 N–H and O–H groups in total. The van der Waals surface area contributed by atoms with Crippen LogP contribution in [0.3, 0.4) is 0 Å². The molecule has 1 atom stereocenters. The van der Waals surface area contributed by atoms with Gasteiger partial charge in [0.15, 0.2) is 0 Å². The molecule has 21 heavy (non-hydrogen) atoms. The van der Waals surface area contributed by atoms with Gasteiger partial charge in [0, 0.05) is 11.9 Å². The van der Waals surface area contributed by atoms with Gasteiger partial charge in [0.1, 0.15) is 10.7 Å². The Kier molecular flexibility index (Phi) is 6.64. The van der Waals surface area contributed by atoms with Crippen LogP contribution in [0.15, 0.2) is 5.38 Å². The van der Waals surface area contributed by atoms with Gasteiger partial charge in [0.2, 0.25) is 0 Å². The van der Waals surface area contributed by atoms with Gasteiger partial charge in [0.25, 0.3) is 5.91 Å². The molecule has 1 heterocycles. The molecule has 118 valence electrons. The van der Waals surface area contributed by atoms with Crippen molar-refractivity contribution >= 4 is 17.2 Å². The van der Waals surface area contributed by atoms with E-state index >= 15 is 0 Å². The molecule has 1 aromatic heterocycles. The fraction of sp³-hybridized carbons (Fsp3) is 0.750. The van der Waals surface area contributed by atoms with E-state index in [1.807, 2.05) is 5.38 Å². The minimum atomic E-state index is -0.0502. The van der Waals surface area contributed by atoms with Crippen LogP contribution < -0.4 is 11.1 Å². The van der Waals surface area contributed by atoms with Crippen molar-refractivity contribution in [3.8, 4) is 0 Å². The molecule has 2 rings (SSSR count). The molecule has 0 radical (unpaired) electrons. The van der Waals surface area contributed by atoms with Gasteiger partial charge in [-0.2, -0.15) is 0 Å². The Labute approximate surface area is 131 Å². The Morgan fingerprint density at radius 1 is 1.48 bits per heavy atom. The zero-order valence-corrected chi connectivity index (χ0v) is 13.8. The Balaban J connectivity index is 1.80. The molecule has 1 aliphatic rings. The zero-order valence-electron chi connectivity index (χ0n) is 12.9. The average Bonchev–Trinajstić information content (AvgIpc) is 3.01. The smallest absolute Gasteiger partial charge is 0.270 e. The summed E-state index contributed by atoms with van der Waals surface area (Å²) in [5.41, 5.74) is 6.63. The number of hydrogen-bond donors (Lipinski definition) is 2. The van der Waals surface area contributed by atoms with Crippen LogP contribution >= 0.6 is 11.3 Å². The molecule has 1 amide bonds. The van der Waals surface area contributed by atoms with Crippen LogP contribution in [0.2, 0.25) is 0 Å². The fourth-order valence-electron chi connectivity index (χ4n) is 2.83. The molecular weight excluding hydrogens is 282 g/mol. The van der Waals surface area contributed by atoms with Crippen LogP contribution in [0.5, 0.6) is 0 Å². The third-order valence-corrected chi connectivity index (χ3v) is 5.19. The summed E-state index contributed by atoms with van der Waals surface area (Å²) in [5, 5.41) is 5.74. The van der Waals surface area contributed by atoms with Crippen molar-refractivity contribution in [1.29, 1.82) is 0 Å². The van der Waals surface area contributed by atoms with E-state index in [1.165, 1.54) is 43.4 Å². The first kappa shape index (κ1) is 16.4. The molecule has 1 fully saturated rings. The lowest BCUT2D eigenvalue weighted by molar-refractivity contribution is 0.0939. The van der Waals surface area contributed by atoms with E-state index in [4.69, 9.17) is 5.73 Å². The maximum Gasteiger partial charge on any atom is 0.270 e. The van der Waals surface area contributed by atoms with Gasteiger partial charge in [0.05, 0.1) is 6.04 Å². The van der Waals surface area contributed by atoms with E-state index < -0.39 is 0 Å². The number of nitrogens with zero attached hydrogens (tertiary/aromatic N) is 1. The number of rotatable bonds is 7. The molecule has 1 aromatic rings. The van der Waals surface area contributed by atoms with E-state index in [0.29, 0.717) is 11.6 Å². The van der Waals surface area contributed by atoms with Crippen molar-refractivity contribution in [2.75, 3.05) is 6.54 Å². The molecule has 0 bridgehead atoms. The van der Waals surface area contributed by atoms with Crippen LogP contribution in [0, 0.1) is 5.92 Å². The highest BCUT2D eigenvalue weighted by molar-refractivity contribution is 7.09. The van der Waals surface area contributed by atoms with E-state index in [-0.39, 0.29) is 11.9 Å². The number of carbonyl (C=O) groups excluding carboxylic acids is 1. The molecule has 0 saturated heterocycles. The highest BCUT2D eigenvalue weighted by Gasteiger charge is 2.17. The first-order valence-electron chi connectivity index (χ1n) is 8.20. The predicted octanol–water partition coefficient (Wildman–Crippen LogP) is 3.64. The normalized spacial score (nSPS) is 17.6. The third-order valence-electron chi connectivity index (χ3n) is 4.22. The Morgan fingerprint density at radius 3 is 2.95 bits per heavy atom. The van der Waals surface area contributed by atoms with Gasteiger partial charge in [-0.1, -0.05) is 39.0 Å². The monoisotopic (exact) mass is 309 g/mol. The summed E-state index contributed by atoms with van der Waals surface area (Å²) in [7, 11) is 0. The quantitative estimate of drug-likeness (QED) is 0.808. The Hall–Kier alpha value is -0.940. The number of unbranched alkanes of at least 4 members (excludes halogenated alkanes) is 1. The maximum absolute atomic E-state index is 12.1. The van der Waals surface area contributed by atoms with E-state index in [1.54, 1.807) is 0 Å². The van der Waals surface area contributed by atoms with Gasteiger partial charge in [-0.15, -0.1) is 11.3 Å². The van der Waals surface area contributed by atoms with Gasteiger partial charge in [-0.3, -0.25) is 4.79 Å². The molecule has 1 aliphatic carbocycles. The summed E-state index contributed by atoms with van der Waals surface area (Å²) >= 11 is 1.50. The average molecular weight is 309 g/mol. The summed E-state index contributed by atoms with van der Waals surface area (Å²) < 4.78 is 0. The number of nitrogens with one attached hydrogen (secondary N) is 1. The first-order chi connectivity index (χ1) is 10.2. The molecule has 5 heteroatoms. The number of aromatic nitrogens is 1. The summed E-state index contributed by atoms with van der Waals surface area (Å²) in [6, 6.07) is -0.0326. The van der Waals surface area contributed by atoms with E-state index in [9.17, 15) is 4.79 Å². The lowest BCUT2D eigenvalue weighted by Gasteiger charge is -2.21. The fourth-order valence-corrected chi connectivity index (χ4v) is 3.66. The van der Waals surface area contributed by atoms with Crippen molar-refractivity contribution in [3.05, 3.63) is 16.1 Å². The Morgan fingerprint density at radius 2 is 2.24 bits per heavy atom. The largest absolute Gasteiger partial charge is 0.350 e. The summed E-state index contributed by atoms with van der Waals surface area (Å²) in [6.45, 7) is 2.94. The SMILES string of the molecule is CCCCC(N)c1nc(C(=O)NCC2CCCCC2)cs1. The van der Waals surface area contributed by atoms with Crippen LogP contribution in [-0.4, -0.2) is 17.4 Å². The number of carbonyl (C=O) groups is 1. The van der Waals surface area contributed by atoms with Crippen molar-refractivity contribution in [3.63, 3.8) is 0 Å². The van der Waals surface area contributed by atoms with Crippen LogP contribution in [-0.2, 0) is 0 Å². The highest BCUT2D eigenvalue weighted by atomic mass is 32.1. The molecular formula is C16H27N3OS. The maximum atomic E-state index is 12.1.